The minimum absolute atomic E-state index is 0.00125. The van der Waals surface area contributed by atoms with Crippen LogP contribution in [0.15, 0.2) is 26.1 Å². The first-order chi connectivity index (χ1) is 10.1. The lowest BCUT2D eigenvalue weighted by atomic mass is 10.3. The van der Waals surface area contributed by atoms with Gasteiger partial charge in [0.25, 0.3) is 15.9 Å². The van der Waals surface area contributed by atoms with Crippen molar-refractivity contribution in [1.29, 1.82) is 0 Å². The predicted molar refractivity (Wildman–Crippen MR) is 74.0 cm³/mol. The number of nitrogens with one attached hydrogen (secondary N) is 1. The normalized spacial score (nSPS) is 16.6. The second-order valence-electron chi connectivity index (χ2n) is 5.08. The van der Waals surface area contributed by atoms with Crippen LogP contribution in [0.2, 0.25) is 0 Å². The van der Waals surface area contributed by atoms with E-state index < -0.39 is 10.0 Å². The van der Waals surface area contributed by atoms with Crippen molar-refractivity contribution in [2.75, 3.05) is 0 Å². The van der Waals surface area contributed by atoms with Crippen LogP contribution in [0.1, 0.15) is 38.5 Å². The summed E-state index contributed by atoms with van der Waals surface area (Å²) < 4.78 is 37.8. The molecule has 0 aromatic carbocycles. The number of nitrogens with zero attached hydrogens (tertiary/aromatic N) is 2. The molecule has 2 aromatic rings. The Morgan fingerprint density at radius 1 is 1.24 bits per heavy atom. The molecule has 1 saturated carbocycles. The highest BCUT2D eigenvalue weighted by Crippen LogP contribution is 2.25. The van der Waals surface area contributed by atoms with Gasteiger partial charge in [-0.1, -0.05) is 19.8 Å². The minimum atomic E-state index is -3.64. The molecule has 0 spiro atoms. The van der Waals surface area contributed by atoms with Crippen molar-refractivity contribution < 1.29 is 17.3 Å². The Kier molecular flexibility index (Phi) is 3.81. The van der Waals surface area contributed by atoms with Crippen molar-refractivity contribution in [1.82, 2.24) is 14.9 Å². The van der Waals surface area contributed by atoms with Crippen LogP contribution in [-0.2, 0) is 16.4 Å². The Bertz CT molecular complexity index is 713. The van der Waals surface area contributed by atoms with Gasteiger partial charge in [0.15, 0.2) is 5.76 Å². The second-order valence-corrected chi connectivity index (χ2v) is 6.72. The fourth-order valence-corrected chi connectivity index (χ4v) is 3.63. The molecule has 114 valence electrons. The van der Waals surface area contributed by atoms with Gasteiger partial charge in [0.2, 0.25) is 11.0 Å². The standard InChI is InChI=1S/C13H17N3O4S/c1-2-11-14-15-13(20-11)10-7-8-12(19-10)21(17,18)16-9-5-3-4-6-9/h7-9,16H,2-6H2,1H3. The number of hydrogen-bond acceptors (Lipinski definition) is 6. The molecule has 3 rings (SSSR count). The van der Waals surface area contributed by atoms with E-state index in [1.807, 2.05) is 6.92 Å². The first-order valence-electron chi connectivity index (χ1n) is 7.03. The van der Waals surface area contributed by atoms with Gasteiger partial charge >= 0.3 is 0 Å². The van der Waals surface area contributed by atoms with Crippen molar-refractivity contribution in [2.45, 2.75) is 50.2 Å². The summed E-state index contributed by atoms with van der Waals surface area (Å²) in [5, 5.41) is 7.53. The van der Waals surface area contributed by atoms with Crippen LogP contribution in [0.25, 0.3) is 11.7 Å². The molecule has 7 nitrogen and oxygen atoms in total. The monoisotopic (exact) mass is 311 g/mol. The van der Waals surface area contributed by atoms with Gasteiger partial charge in [-0.2, -0.15) is 0 Å². The van der Waals surface area contributed by atoms with Gasteiger partial charge in [0, 0.05) is 12.5 Å². The molecule has 0 aliphatic heterocycles. The van der Waals surface area contributed by atoms with Crippen molar-refractivity contribution in [2.24, 2.45) is 0 Å². The van der Waals surface area contributed by atoms with E-state index in [1.54, 1.807) is 0 Å². The van der Waals surface area contributed by atoms with Crippen LogP contribution in [0, 0.1) is 0 Å². The molecule has 0 unspecified atom stereocenters. The predicted octanol–water partition coefficient (Wildman–Crippen LogP) is 2.11. The Morgan fingerprint density at radius 2 is 2.00 bits per heavy atom. The van der Waals surface area contributed by atoms with Gasteiger partial charge in [-0.05, 0) is 25.0 Å². The average Bonchev–Trinajstić information content (AvgIpc) is 3.19. The molecular formula is C13H17N3O4S. The van der Waals surface area contributed by atoms with Gasteiger partial charge in [-0.25, -0.2) is 13.1 Å². The van der Waals surface area contributed by atoms with E-state index in [1.165, 1.54) is 12.1 Å². The molecule has 0 bridgehead atoms. The maximum absolute atomic E-state index is 12.2. The summed E-state index contributed by atoms with van der Waals surface area (Å²) >= 11 is 0. The molecule has 1 aliphatic rings. The number of hydrogen-bond donors (Lipinski definition) is 1. The maximum atomic E-state index is 12.2. The molecule has 0 radical (unpaired) electrons. The van der Waals surface area contributed by atoms with E-state index in [0.29, 0.717) is 12.3 Å². The largest absolute Gasteiger partial charge is 0.438 e. The summed E-state index contributed by atoms with van der Waals surface area (Å²) in [4.78, 5) is 0. The second kappa shape index (κ2) is 5.61. The Morgan fingerprint density at radius 3 is 2.67 bits per heavy atom. The van der Waals surface area contributed by atoms with Gasteiger partial charge in [-0.15, -0.1) is 10.2 Å². The van der Waals surface area contributed by atoms with E-state index in [2.05, 4.69) is 14.9 Å². The van der Waals surface area contributed by atoms with Crippen LogP contribution in [0.3, 0.4) is 0 Å². The van der Waals surface area contributed by atoms with E-state index in [9.17, 15) is 8.42 Å². The van der Waals surface area contributed by atoms with Crippen LogP contribution < -0.4 is 4.72 Å². The van der Waals surface area contributed by atoms with Crippen molar-refractivity contribution in [3.63, 3.8) is 0 Å². The van der Waals surface area contributed by atoms with Crippen molar-refractivity contribution >= 4 is 10.0 Å². The summed E-state index contributed by atoms with van der Waals surface area (Å²) in [6.07, 6.45) is 4.46. The summed E-state index contributed by atoms with van der Waals surface area (Å²) in [6, 6.07) is 2.93. The quantitative estimate of drug-likeness (QED) is 0.908. The molecule has 0 saturated heterocycles. The topological polar surface area (TPSA) is 98.2 Å². The Hall–Kier alpha value is -1.67. The van der Waals surface area contributed by atoms with Gasteiger partial charge in [0.05, 0.1) is 0 Å². The molecule has 1 fully saturated rings. The number of sulfonamides is 1. The van der Waals surface area contributed by atoms with Crippen molar-refractivity contribution in [3.8, 4) is 11.7 Å². The Balaban J connectivity index is 1.80. The average molecular weight is 311 g/mol. The first kappa shape index (κ1) is 14.3. The highest BCUT2D eigenvalue weighted by atomic mass is 32.2. The van der Waals surface area contributed by atoms with Crippen LogP contribution >= 0.6 is 0 Å². The van der Waals surface area contributed by atoms with E-state index in [-0.39, 0.29) is 22.8 Å². The maximum Gasteiger partial charge on any atom is 0.283 e. The lowest BCUT2D eigenvalue weighted by Crippen LogP contribution is -2.32. The van der Waals surface area contributed by atoms with Gasteiger partial charge in [-0.3, -0.25) is 0 Å². The minimum Gasteiger partial charge on any atom is -0.438 e. The fraction of sp³-hybridized carbons (Fsp3) is 0.538. The summed E-state index contributed by atoms with van der Waals surface area (Å²) in [7, 11) is -3.64. The highest BCUT2D eigenvalue weighted by molar-refractivity contribution is 7.89. The molecule has 0 amide bonds. The molecule has 0 atom stereocenters. The van der Waals surface area contributed by atoms with Crippen LogP contribution in [0.4, 0.5) is 0 Å². The van der Waals surface area contributed by atoms with E-state index >= 15 is 0 Å². The SMILES string of the molecule is CCc1nnc(-c2ccc(S(=O)(=O)NC3CCCC3)o2)o1. The lowest BCUT2D eigenvalue weighted by molar-refractivity contribution is 0.429. The molecule has 2 heterocycles. The van der Waals surface area contributed by atoms with Gasteiger partial charge < -0.3 is 8.83 Å². The Labute approximate surface area is 122 Å². The van der Waals surface area contributed by atoms with Crippen LogP contribution in [0.5, 0.6) is 0 Å². The van der Waals surface area contributed by atoms with E-state index in [4.69, 9.17) is 8.83 Å². The molecule has 21 heavy (non-hydrogen) atoms. The smallest absolute Gasteiger partial charge is 0.283 e. The zero-order chi connectivity index (χ0) is 14.9. The van der Waals surface area contributed by atoms with Gasteiger partial charge in [0.1, 0.15) is 0 Å². The molecule has 1 N–H and O–H groups in total. The number of furan rings is 1. The molecule has 8 heteroatoms. The van der Waals surface area contributed by atoms with Crippen LogP contribution in [-0.4, -0.2) is 24.7 Å². The fourth-order valence-electron chi connectivity index (χ4n) is 2.40. The summed E-state index contributed by atoms with van der Waals surface area (Å²) in [6.45, 7) is 1.89. The third-order valence-corrected chi connectivity index (χ3v) is 4.90. The number of rotatable bonds is 5. The van der Waals surface area contributed by atoms with Crippen molar-refractivity contribution in [3.05, 3.63) is 18.0 Å². The highest BCUT2D eigenvalue weighted by Gasteiger charge is 2.26. The lowest BCUT2D eigenvalue weighted by Gasteiger charge is -2.10. The summed E-state index contributed by atoms with van der Waals surface area (Å²) in [5.41, 5.74) is 0. The molecule has 1 aliphatic carbocycles. The molecular weight excluding hydrogens is 294 g/mol. The molecule has 2 aromatic heterocycles. The first-order valence-corrected chi connectivity index (χ1v) is 8.51. The third kappa shape index (κ3) is 3.01. The van der Waals surface area contributed by atoms with E-state index in [0.717, 1.165) is 25.7 Å². The third-order valence-electron chi connectivity index (χ3n) is 3.50. The number of aryl methyl sites for hydroxylation is 1. The zero-order valence-corrected chi connectivity index (χ0v) is 12.5. The zero-order valence-electron chi connectivity index (χ0n) is 11.7. The summed E-state index contributed by atoms with van der Waals surface area (Å²) in [5.74, 6) is 0.929. The number of aromatic nitrogens is 2.